The summed E-state index contributed by atoms with van der Waals surface area (Å²) in [6, 6.07) is 2.22. The molecule has 1 rings (SSSR count). The molecule has 0 spiro atoms. The maximum absolute atomic E-state index is 2.30. The Morgan fingerprint density at radius 1 is 1.60 bits per heavy atom. The molecule has 1 heterocycles. The molecule has 0 radical (unpaired) electrons. The van der Waals surface area contributed by atoms with Gasteiger partial charge in [0.25, 0.3) is 0 Å². The second-order valence-corrected chi connectivity index (χ2v) is 3.63. The average molecular weight is 154 g/mol. The van der Waals surface area contributed by atoms with E-state index in [1.165, 1.54) is 18.4 Å². The summed E-state index contributed by atoms with van der Waals surface area (Å²) < 4.78 is 0. The maximum Gasteiger partial charge on any atom is -0.00612 e. The maximum atomic E-state index is 2.30. The number of rotatable bonds is 3. The quantitative estimate of drug-likeness (QED) is 0.626. The number of hydrogen-bond acceptors (Lipinski definition) is 1. The molecule has 0 aliphatic carbocycles. The van der Waals surface area contributed by atoms with Crippen molar-refractivity contribution in [2.45, 2.75) is 26.7 Å². The minimum absolute atomic E-state index is 0.842. The highest BCUT2D eigenvalue weighted by atomic mass is 32.1. The molecule has 0 amide bonds. The summed E-state index contributed by atoms with van der Waals surface area (Å²) in [6.45, 7) is 4.55. The molecule has 56 valence electrons. The van der Waals surface area contributed by atoms with E-state index in [0.29, 0.717) is 0 Å². The van der Waals surface area contributed by atoms with Crippen LogP contribution < -0.4 is 0 Å². The predicted molar refractivity (Wildman–Crippen MR) is 47.5 cm³/mol. The Kier molecular flexibility index (Phi) is 2.94. The Labute approximate surface area is 66.9 Å². The minimum atomic E-state index is 0.842. The lowest BCUT2D eigenvalue weighted by Gasteiger charge is -2.04. The van der Waals surface area contributed by atoms with Crippen LogP contribution in [0.1, 0.15) is 25.8 Å². The summed E-state index contributed by atoms with van der Waals surface area (Å²) in [5.74, 6) is 0.842. The van der Waals surface area contributed by atoms with E-state index in [1.807, 2.05) is 0 Å². The van der Waals surface area contributed by atoms with E-state index in [4.69, 9.17) is 0 Å². The lowest BCUT2D eigenvalue weighted by molar-refractivity contribution is 0.561. The molecule has 0 N–H and O–H groups in total. The molecule has 1 aromatic rings. The molecular weight excluding hydrogens is 140 g/mol. The van der Waals surface area contributed by atoms with Gasteiger partial charge in [0.1, 0.15) is 0 Å². The van der Waals surface area contributed by atoms with Crippen LogP contribution in [-0.4, -0.2) is 0 Å². The van der Waals surface area contributed by atoms with Gasteiger partial charge in [-0.15, -0.1) is 0 Å². The molecule has 0 bridgehead atoms. The van der Waals surface area contributed by atoms with Gasteiger partial charge in [-0.05, 0) is 34.7 Å². The van der Waals surface area contributed by atoms with E-state index in [9.17, 15) is 0 Å². The second-order valence-electron chi connectivity index (χ2n) is 2.85. The Morgan fingerprint density at radius 3 is 2.90 bits per heavy atom. The molecule has 1 heteroatoms. The highest BCUT2D eigenvalue weighted by Crippen LogP contribution is 2.13. The van der Waals surface area contributed by atoms with E-state index >= 15 is 0 Å². The van der Waals surface area contributed by atoms with Gasteiger partial charge in [-0.3, -0.25) is 0 Å². The van der Waals surface area contributed by atoms with Crippen LogP contribution in [0, 0.1) is 5.92 Å². The van der Waals surface area contributed by atoms with Crippen LogP contribution in [0.5, 0.6) is 0 Å². The predicted octanol–water partition coefficient (Wildman–Crippen LogP) is 3.34. The lowest BCUT2D eigenvalue weighted by atomic mass is 10.0. The topological polar surface area (TPSA) is 0 Å². The van der Waals surface area contributed by atoms with Crippen LogP contribution in [0.2, 0.25) is 0 Å². The van der Waals surface area contributed by atoms with Crippen molar-refractivity contribution in [1.29, 1.82) is 0 Å². The van der Waals surface area contributed by atoms with Crippen molar-refractivity contribution in [3.8, 4) is 0 Å². The van der Waals surface area contributed by atoms with Crippen molar-refractivity contribution < 1.29 is 0 Å². The molecule has 0 fully saturated rings. The van der Waals surface area contributed by atoms with Gasteiger partial charge in [-0.25, -0.2) is 0 Å². The standard InChI is InChI=1S/C9H14S/c1-3-8(2)6-9-4-5-10-7-9/h4-5,7-8H,3,6H2,1-2H3/t8-/m0/s1. The van der Waals surface area contributed by atoms with Crippen molar-refractivity contribution in [2.24, 2.45) is 5.92 Å². The van der Waals surface area contributed by atoms with Gasteiger partial charge in [0.2, 0.25) is 0 Å². The zero-order valence-electron chi connectivity index (χ0n) is 6.63. The molecule has 1 atom stereocenters. The summed E-state index contributed by atoms with van der Waals surface area (Å²) in [7, 11) is 0. The third-order valence-corrected chi connectivity index (χ3v) is 2.59. The average Bonchev–Trinajstić information content (AvgIpc) is 2.40. The summed E-state index contributed by atoms with van der Waals surface area (Å²) in [6.07, 6.45) is 2.54. The summed E-state index contributed by atoms with van der Waals surface area (Å²) in [4.78, 5) is 0. The van der Waals surface area contributed by atoms with E-state index < -0.39 is 0 Å². The van der Waals surface area contributed by atoms with E-state index in [0.717, 1.165) is 5.92 Å². The molecule has 1 aromatic heterocycles. The first-order valence-electron chi connectivity index (χ1n) is 3.84. The molecule has 0 nitrogen and oxygen atoms in total. The molecule has 0 saturated heterocycles. The van der Waals surface area contributed by atoms with Gasteiger partial charge in [0, 0.05) is 0 Å². The highest BCUT2D eigenvalue weighted by molar-refractivity contribution is 7.07. The van der Waals surface area contributed by atoms with Crippen molar-refractivity contribution in [1.82, 2.24) is 0 Å². The summed E-state index contributed by atoms with van der Waals surface area (Å²) >= 11 is 1.79. The van der Waals surface area contributed by atoms with Crippen LogP contribution in [0.4, 0.5) is 0 Å². The van der Waals surface area contributed by atoms with Crippen LogP contribution in [0.25, 0.3) is 0 Å². The van der Waals surface area contributed by atoms with E-state index in [-0.39, 0.29) is 0 Å². The van der Waals surface area contributed by atoms with Gasteiger partial charge in [0.05, 0.1) is 0 Å². The fourth-order valence-electron chi connectivity index (χ4n) is 0.956. The first-order chi connectivity index (χ1) is 4.83. The molecule has 0 saturated carbocycles. The van der Waals surface area contributed by atoms with E-state index in [2.05, 4.69) is 30.7 Å². The molecule has 0 unspecified atom stereocenters. The molecular formula is C9H14S. The summed E-state index contributed by atoms with van der Waals surface area (Å²) in [5, 5.41) is 4.39. The highest BCUT2D eigenvalue weighted by Gasteiger charge is 1.99. The van der Waals surface area contributed by atoms with Crippen LogP contribution in [0.3, 0.4) is 0 Å². The molecule has 0 aliphatic heterocycles. The largest absolute Gasteiger partial charge is 0.152 e. The minimum Gasteiger partial charge on any atom is -0.152 e. The van der Waals surface area contributed by atoms with Gasteiger partial charge in [-0.1, -0.05) is 20.3 Å². The Balaban J connectivity index is 2.40. The van der Waals surface area contributed by atoms with E-state index in [1.54, 1.807) is 11.3 Å². The molecule has 0 aliphatic rings. The fourth-order valence-corrected chi connectivity index (χ4v) is 1.64. The zero-order chi connectivity index (χ0) is 7.40. The lowest BCUT2D eigenvalue weighted by Crippen LogP contribution is -1.95. The molecule has 10 heavy (non-hydrogen) atoms. The fraction of sp³-hybridized carbons (Fsp3) is 0.556. The Morgan fingerprint density at radius 2 is 2.40 bits per heavy atom. The second kappa shape index (κ2) is 3.77. The van der Waals surface area contributed by atoms with Gasteiger partial charge >= 0.3 is 0 Å². The van der Waals surface area contributed by atoms with Crippen molar-refractivity contribution in [2.75, 3.05) is 0 Å². The van der Waals surface area contributed by atoms with Crippen molar-refractivity contribution >= 4 is 11.3 Å². The monoisotopic (exact) mass is 154 g/mol. The van der Waals surface area contributed by atoms with Crippen molar-refractivity contribution in [3.63, 3.8) is 0 Å². The van der Waals surface area contributed by atoms with Gasteiger partial charge in [-0.2, -0.15) is 11.3 Å². The van der Waals surface area contributed by atoms with Crippen molar-refractivity contribution in [3.05, 3.63) is 22.4 Å². The first kappa shape index (κ1) is 7.80. The Hall–Kier alpha value is -0.300. The van der Waals surface area contributed by atoms with Crippen LogP contribution >= 0.6 is 11.3 Å². The Bertz CT molecular complexity index is 165. The molecule has 0 aromatic carbocycles. The number of thiophene rings is 1. The number of hydrogen-bond donors (Lipinski definition) is 0. The first-order valence-corrected chi connectivity index (χ1v) is 4.78. The summed E-state index contributed by atoms with van der Waals surface area (Å²) in [5.41, 5.74) is 1.50. The zero-order valence-corrected chi connectivity index (χ0v) is 7.45. The SMILES string of the molecule is CC[C@H](C)Cc1ccsc1. The third kappa shape index (κ3) is 2.14. The smallest absolute Gasteiger partial charge is 0.00612 e. The van der Waals surface area contributed by atoms with Gasteiger partial charge in [0.15, 0.2) is 0 Å². The van der Waals surface area contributed by atoms with Crippen LogP contribution in [-0.2, 0) is 6.42 Å². The van der Waals surface area contributed by atoms with Crippen LogP contribution in [0.15, 0.2) is 16.8 Å². The third-order valence-electron chi connectivity index (χ3n) is 1.86. The van der Waals surface area contributed by atoms with Gasteiger partial charge < -0.3 is 0 Å². The normalized spacial score (nSPS) is 13.4.